The van der Waals surface area contributed by atoms with Crippen molar-refractivity contribution < 1.29 is 0 Å². The van der Waals surface area contributed by atoms with Crippen LogP contribution in [0.1, 0.15) is 15.4 Å². The lowest BCUT2D eigenvalue weighted by Gasteiger charge is -2.05. The van der Waals surface area contributed by atoms with Gasteiger partial charge in [-0.1, -0.05) is 36.4 Å². The average Bonchev–Trinajstić information content (AvgIpc) is 2.84. The molecule has 2 aromatic carbocycles. The predicted octanol–water partition coefficient (Wildman–Crippen LogP) is 3.89. The lowest BCUT2D eigenvalue weighted by Crippen LogP contribution is -2.12. The van der Waals surface area contributed by atoms with E-state index in [2.05, 4.69) is 59.7 Å². The van der Waals surface area contributed by atoms with Crippen molar-refractivity contribution >= 4 is 22.1 Å². The summed E-state index contributed by atoms with van der Waals surface area (Å²) in [5.41, 5.74) is 1.31. The van der Waals surface area contributed by atoms with Gasteiger partial charge in [-0.3, -0.25) is 0 Å². The van der Waals surface area contributed by atoms with Crippen LogP contribution in [0, 0.1) is 6.92 Å². The molecule has 0 bridgehead atoms. The van der Waals surface area contributed by atoms with Crippen LogP contribution in [0.3, 0.4) is 0 Å². The zero-order valence-electron chi connectivity index (χ0n) is 10.9. The first-order chi connectivity index (χ1) is 9.31. The van der Waals surface area contributed by atoms with Gasteiger partial charge in [-0.15, -0.1) is 11.3 Å². The molecule has 0 saturated heterocycles. The summed E-state index contributed by atoms with van der Waals surface area (Å²) in [4.78, 5) is 5.62. The van der Waals surface area contributed by atoms with Crippen molar-refractivity contribution in [1.29, 1.82) is 0 Å². The van der Waals surface area contributed by atoms with Crippen LogP contribution in [-0.4, -0.2) is 4.98 Å². The highest BCUT2D eigenvalue weighted by Crippen LogP contribution is 2.16. The number of nitrogens with one attached hydrogen (secondary N) is 1. The minimum Gasteiger partial charge on any atom is -0.306 e. The molecule has 0 aliphatic rings. The maximum atomic E-state index is 4.35. The van der Waals surface area contributed by atoms with Crippen LogP contribution in [0.5, 0.6) is 0 Å². The van der Waals surface area contributed by atoms with Crippen LogP contribution in [0.4, 0.5) is 0 Å². The highest BCUT2D eigenvalue weighted by atomic mass is 32.1. The topological polar surface area (TPSA) is 24.9 Å². The van der Waals surface area contributed by atoms with E-state index >= 15 is 0 Å². The molecule has 19 heavy (non-hydrogen) atoms. The second kappa shape index (κ2) is 5.51. The summed E-state index contributed by atoms with van der Waals surface area (Å²) in [7, 11) is 0. The van der Waals surface area contributed by atoms with Crippen LogP contribution in [0.15, 0.2) is 48.7 Å². The lowest BCUT2D eigenvalue weighted by atomic mass is 10.1. The van der Waals surface area contributed by atoms with E-state index in [-0.39, 0.29) is 0 Å². The Morgan fingerprint density at radius 2 is 1.89 bits per heavy atom. The molecule has 1 N–H and O–H groups in total. The van der Waals surface area contributed by atoms with Gasteiger partial charge in [0.1, 0.15) is 5.01 Å². The molecule has 0 amide bonds. The van der Waals surface area contributed by atoms with Crippen LogP contribution < -0.4 is 5.32 Å². The fourth-order valence-electron chi connectivity index (χ4n) is 2.15. The monoisotopic (exact) mass is 268 g/mol. The molecule has 0 spiro atoms. The van der Waals surface area contributed by atoms with Gasteiger partial charge in [0.2, 0.25) is 0 Å². The maximum Gasteiger partial charge on any atom is 0.107 e. The highest BCUT2D eigenvalue weighted by molar-refractivity contribution is 7.11. The van der Waals surface area contributed by atoms with Crippen LogP contribution >= 0.6 is 11.3 Å². The zero-order valence-corrected chi connectivity index (χ0v) is 11.7. The summed E-state index contributed by atoms with van der Waals surface area (Å²) in [6, 6.07) is 15.1. The number of thiazole rings is 1. The summed E-state index contributed by atoms with van der Waals surface area (Å²) >= 11 is 1.75. The smallest absolute Gasteiger partial charge is 0.107 e. The summed E-state index contributed by atoms with van der Waals surface area (Å²) in [6.07, 6.45) is 1.93. The Morgan fingerprint density at radius 1 is 1.05 bits per heavy atom. The molecule has 3 heteroatoms. The summed E-state index contributed by atoms with van der Waals surface area (Å²) in [6.45, 7) is 3.80. The molecule has 0 atom stereocenters. The van der Waals surface area contributed by atoms with Crippen molar-refractivity contribution in [2.24, 2.45) is 0 Å². The Hall–Kier alpha value is -1.71. The molecule has 2 nitrogen and oxygen atoms in total. The molecule has 3 aromatic rings. The van der Waals surface area contributed by atoms with E-state index < -0.39 is 0 Å². The minimum absolute atomic E-state index is 0.839. The Morgan fingerprint density at radius 3 is 2.68 bits per heavy atom. The largest absolute Gasteiger partial charge is 0.306 e. The van der Waals surface area contributed by atoms with E-state index in [4.69, 9.17) is 0 Å². The molecule has 1 aromatic heterocycles. The van der Waals surface area contributed by atoms with Crippen molar-refractivity contribution in [3.8, 4) is 0 Å². The molecular formula is C16H16N2S. The number of fused-ring (bicyclic) bond motifs is 1. The van der Waals surface area contributed by atoms with Gasteiger partial charge in [0, 0.05) is 24.2 Å². The molecule has 0 aliphatic carbocycles. The summed E-state index contributed by atoms with van der Waals surface area (Å²) in [5.74, 6) is 0. The Kier molecular flexibility index (Phi) is 3.58. The Labute approximate surface area is 117 Å². The molecular weight excluding hydrogens is 252 g/mol. The van der Waals surface area contributed by atoms with Gasteiger partial charge < -0.3 is 5.32 Å². The average molecular weight is 268 g/mol. The first-order valence-corrected chi connectivity index (χ1v) is 7.22. The number of benzene rings is 2. The molecule has 0 fully saturated rings. The van der Waals surface area contributed by atoms with Crippen LogP contribution in [0.2, 0.25) is 0 Å². The van der Waals surface area contributed by atoms with Gasteiger partial charge in [-0.25, -0.2) is 4.98 Å². The second-order valence-corrected chi connectivity index (χ2v) is 5.97. The normalized spacial score (nSPS) is 11.0. The third-order valence-corrected chi connectivity index (χ3v) is 4.00. The molecule has 0 aliphatic heterocycles. The standard InChI is InChI=1S/C16H16N2S/c1-12-9-18-16(19-12)11-17-10-13-6-7-14-4-2-3-5-15(14)8-13/h2-9,17H,10-11H2,1H3. The van der Waals surface area contributed by atoms with Gasteiger partial charge in [-0.05, 0) is 29.3 Å². The molecule has 1 heterocycles. The fraction of sp³-hybridized carbons (Fsp3) is 0.188. The van der Waals surface area contributed by atoms with Gasteiger partial charge >= 0.3 is 0 Å². The van der Waals surface area contributed by atoms with Gasteiger partial charge in [-0.2, -0.15) is 0 Å². The molecule has 0 saturated carbocycles. The van der Waals surface area contributed by atoms with Crippen LogP contribution in [-0.2, 0) is 13.1 Å². The third kappa shape index (κ3) is 3.00. The third-order valence-electron chi connectivity index (χ3n) is 3.09. The fourth-order valence-corrected chi connectivity index (χ4v) is 2.90. The van der Waals surface area contributed by atoms with E-state index in [1.807, 2.05) is 6.20 Å². The Balaban J connectivity index is 1.65. The quantitative estimate of drug-likeness (QED) is 0.776. The van der Waals surface area contributed by atoms with Crippen molar-refractivity contribution in [3.63, 3.8) is 0 Å². The number of hydrogen-bond acceptors (Lipinski definition) is 3. The molecule has 0 unspecified atom stereocenters. The van der Waals surface area contributed by atoms with E-state index in [0.717, 1.165) is 18.1 Å². The van der Waals surface area contributed by atoms with E-state index in [9.17, 15) is 0 Å². The van der Waals surface area contributed by atoms with Gasteiger partial charge in [0.05, 0.1) is 0 Å². The molecule has 0 radical (unpaired) electrons. The van der Waals surface area contributed by atoms with Crippen molar-refractivity contribution in [2.75, 3.05) is 0 Å². The van der Waals surface area contributed by atoms with Gasteiger partial charge in [0.25, 0.3) is 0 Å². The lowest BCUT2D eigenvalue weighted by molar-refractivity contribution is 0.690. The van der Waals surface area contributed by atoms with Gasteiger partial charge in [0.15, 0.2) is 0 Å². The van der Waals surface area contributed by atoms with Crippen molar-refractivity contribution in [1.82, 2.24) is 10.3 Å². The number of aryl methyl sites for hydroxylation is 1. The summed E-state index contributed by atoms with van der Waals surface area (Å²) < 4.78 is 0. The number of aromatic nitrogens is 1. The predicted molar refractivity (Wildman–Crippen MR) is 81.3 cm³/mol. The van der Waals surface area contributed by atoms with E-state index in [0.29, 0.717) is 0 Å². The first kappa shape index (κ1) is 12.3. The SMILES string of the molecule is Cc1cnc(CNCc2ccc3ccccc3c2)s1. The maximum absolute atomic E-state index is 4.35. The number of nitrogens with zero attached hydrogens (tertiary/aromatic N) is 1. The highest BCUT2D eigenvalue weighted by Gasteiger charge is 1.99. The minimum atomic E-state index is 0.839. The molecule has 3 rings (SSSR count). The van der Waals surface area contributed by atoms with Crippen LogP contribution in [0.25, 0.3) is 10.8 Å². The number of rotatable bonds is 4. The number of hydrogen-bond donors (Lipinski definition) is 1. The van der Waals surface area contributed by atoms with Crippen molar-refractivity contribution in [3.05, 3.63) is 64.1 Å². The van der Waals surface area contributed by atoms with Crippen molar-refractivity contribution in [2.45, 2.75) is 20.0 Å². The second-order valence-electron chi connectivity index (χ2n) is 4.65. The Bertz CT molecular complexity index is 688. The molecule has 96 valence electrons. The van der Waals surface area contributed by atoms with E-state index in [1.54, 1.807) is 11.3 Å². The van der Waals surface area contributed by atoms with E-state index in [1.165, 1.54) is 21.2 Å². The first-order valence-electron chi connectivity index (χ1n) is 6.41. The summed E-state index contributed by atoms with van der Waals surface area (Å²) in [5, 5.41) is 7.19. The zero-order chi connectivity index (χ0) is 13.1.